The first kappa shape index (κ1) is 8.53. The molecule has 0 radical (unpaired) electrons. The average molecular weight is 157 g/mol. The monoisotopic (exact) mass is 157 g/mol. The van der Waals surface area contributed by atoms with Crippen LogP contribution < -0.4 is 5.32 Å². The Kier molecular flexibility index (Phi) is 2.88. The van der Waals surface area contributed by atoms with Crippen LogP contribution in [0.3, 0.4) is 0 Å². The van der Waals surface area contributed by atoms with Gasteiger partial charge in [0, 0.05) is 0 Å². The minimum atomic E-state index is -0.116. The van der Waals surface area contributed by atoms with Crippen LogP contribution >= 0.6 is 0 Å². The minimum absolute atomic E-state index is 0.0509. The van der Waals surface area contributed by atoms with Crippen molar-refractivity contribution < 1.29 is 9.53 Å². The van der Waals surface area contributed by atoms with Crippen LogP contribution in [0.5, 0.6) is 0 Å². The van der Waals surface area contributed by atoms with Gasteiger partial charge >= 0.3 is 5.97 Å². The maximum atomic E-state index is 11.1. The Balaban J connectivity index is 2.37. The van der Waals surface area contributed by atoms with E-state index in [0.717, 1.165) is 19.4 Å². The van der Waals surface area contributed by atoms with Gasteiger partial charge in [0.2, 0.25) is 0 Å². The van der Waals surface area contributed by atoms with E-state index in [4.69, 9.17) is 0 Å². The van der Waals surface area contributed by atoms with Crippen molar-refractivity contribution in [2.24, 2.45) is 5.92 Å². The van der Waals surface area contributed by atoms with E-state index in [0.29, 0.717) is 5.92 Å². The molecule has 1 N–H and O–H groups in total. The quantitative estimate of drug-likeness (QED) is 0.605. The number of esters is 1. The minimum Gasteiger partial charge on any atom is -0.468 e. The van der Waals surface area contributed by atoms with Gasteiger partial charge in [-0.1, -0.05) is 6.92 Å². The maximum absolute atomic E-state index is 11.1. The van der Waals surface area contributed by atoms with E-state index >= 15 is 0 Å². The number of hydrogen-bond acceptors (Lipinski definition) is 3. The smallest absolute Gasteiger partial charge is 0.323 e. The molecule has 0 saturated heterocycles. The summed E-state index contributed by atoms with van der Waals surface area (Å²) in [6.45, 7) is 2.83. The summed E-state index contributed by atoms with van der Waals surface area (Å²) in [5.74, 6) is 0.414. The van der Waals surface area contributed by atoms with Crippen molar-refractivity contribution in [3.63, 3.8) is 0 Å². The molecule has 0 aromatic carbocycles. The zero-order valence-corrected chi connectivity index (χ0v) is 7.09. The third-order valence-electron chi connectivity index (χ3n) is 1.97. The molecule has 1 aliphatic rings. The molecule has 3 nitrogen and oxygen atoms in total. The van der Waals surface area contributed by atoms with Gasteiger partial charge in [0.05, 0.1) is 7.11 Å². The average Bonchev–Trinajstić information content (AvgIpc) is 2.81. The molecule has 1 saturated carbocycles. The molecule has 1 rings (SSSR count). The summed E-state index contributed by atoms with van der Waals surface area (Å²) in [4.78, 5) is 11.1. The maximum Gasteiger partial charge on any atom is 0.323 e. The van der Waals surface area contributed by atoms with Gasteiger partial charge in [-0.15, -0.1) is 0 Å². The second kappa shape index (κ2) is 3.72. The van der Waals surface area contributed by atoms with E-state index in [9.17, 15) is 4.79 Å². The van der Waals surface area contributed by atoms with Crippen LogP contribution in [0.2, 0.25) is 0 Å². The number of carbonyl (C=O) groups is 1. The van der Waals surface area contributed by atoms with Crippen LogP contribution in [0.25, 0.3) is 0 Å². The summed E-state index contributed by atoms with van der Waals surface area (Å²) in [7, 11) is 1.44. The number of methoxy groups -OCH3 is 1. The molecule has 64 valence electrons. The first-order valence-corrected chi connectivity index (χ1v) is 4.10. The zero-order valence-electron chi connectivity index (χ0n) is 7.09. The number of carbonyl (C=O) groups excluding carboxylic acids is 1. The highest BCUT2D eigenvalue weighted by atomic mass is 16.5. The first-order chi connectivity index (χ1) is 5.29. The Bertz CT molecular complexity index is 143. The van der Waals surface area contributed by atoms with Crippen LogP contribution in [0.15, 0.2) is 0 Å². The lowest BCUT2D eigenvalue weighted by Gasteiger charge is -2.13. The van der Waals surface area contributed by atoms with Gasteiger partial charge in [0.25, 0.3) is 0 Å². The standard InChI is InChI=1S/C8H15NO2/c1-3-9-7(6-4-5-6)8(10)11-2/h6-7,9H,3-5H2,1-2H3. The van der Waals surface area contributed by atoms with Crippen LogP contribution in [0.1, 0.15) is 19.8 Å². The Labute approximate surface area is 67.1 Å². The van der Waals surface area contributed by atoms with Crippen molar-refractivity contribution in [3.8, 4) is 0 Å². The highest BCUT2D eigenvalue weighted by Crippen LogP contribution is 2.32. The summed E-state index contributed by atoms with van der Waals surface area (Å²) in [6.07, 6.45) is 2.32. The van der Waals surface area contributed by atoms with E-state index < -0.39 is 0 Å². The summed E-state index contributed by atoms with van der Waals surface area (Å²) in [5.41, 5.74) is 0. The van der Waals surface area contributed by atoms with Crippen molar-refractivity contribution in [2.45, 2.75) is 25.8 Å². The van der Waals surface area contributed by atoms with Crippen molar-refractivity contribution in [2.75, 3.05) is 13.7 Å². The largest absolute Gasteiger partial charge is 0.468 e. The Hall–Kier alpha value is -0.570. The fraction of sp³-hybridized carbons (Fsp3) is 0.875. The Morgan fingerprint density at radius 3 is 2.73 bits per heavy atom. The molecule has 1 unspecified atom stereocenters. The van der Waals surface area contributed by atoms with Crippen LogP contribution in [-0.4, -0.2) is 25.7 Å². The third-order valence-corrected chi connectivity index (χ3v) is 1.97. The number of ether oxygens (including phenoxy) is 1. The molecule has 3 heteroatoms. The number of rotatable bonds is 4. The predicted molar refractivity (Wildman–Crippen MR) is 42.2 cm³/mol. The zero-order chi connectivity index (χ0) is 8.27. The fourth-order valence-electron chi connectivity index (χ4n) is 1.22. The van der Waals surface area contributed by atoms with Crippen molar-refractivity contribution >= 4 is 5.97 Å². The Morgan fingerprint density at radius 2 is 2.36 bits per heavy atom. The van der Waals surface area contributed by atoms with Gasteiger partial charge in [0.1, 0.15) is 6.04 Å². The summed E-state index contributed by atoms with van der Waals surface area (Å²) >= 11 is 0. The molecule has 1 atom stereocenters. The van der Waals surface area contributed by atoms with Gasteiger partial charge in [-0.3, -0.25) is 4.79 Å². The summed E-state index contributed by atoms with van der Waals surface area (Å²) in [5, 5.41) is 3.12. The van der Waals surface area contributed by atoms with Crippen molar-refractivity contribution in [3.05, 3.63) is 0 Å². The Morgan fingerprint density at radius 1 is 1.73 bits per heavy atom. The van der Waals surface area contributed by atoms with E-state index in [1.807, 2.05) is 6.92 Å². The summed E-state index contributed by atoms with van der Waals surface area (Å²) in [6, 6.07) is -0.0509. The van der Waals surface area contributed by atoms with Gasteiger partial charge < -0.3 is 10.1 Å². The molecular weight excluding hydrogens is 142 g/mol. The van der Waals surface area contributed by atoms with Gasteiger partial charge in [-0.25, -0.2) is 0 Å². The van der Waals surface area contributed by atoms with Gasteiger partial charge in [-0.05, 0) is 25.3 Å². The molecule has 0 aliphatic heterocycles. The van der Waals surface area contributed by atoms with E-state index in [-0.39, 0.29) is 12.0 Å². The molecule has 0 heterocycles. The van der Waals surface area contributed by atoms with E-state index in [1.165, 1.54) is 7.11 Å². The lowest BCUT2D eigenvalue weighted by atomic mass is 10.2. The number of nitrogens with one attached hydrogen (secondary N) is 1. The SMILES string of the molecule is CCNC(C(=O)OC)C1CC1. The van der Waals surface area contributed by atoms with Crippen LogP contribution in [-0.2, 0) is 9.53 Å². The van der Waals surface area contributed by atoms with E-state index in [1.54, 1.807) is 0 Å². The fourth-order valence-corrected chi connectivity index (χ4v) is 1.22. The molecule has 0 aromatic rings. The van der Waals surface area contributed by atoms with Crippen LogP contribution in [0, 0.1) is 5.92 Å². The molecule has 0 aromatic heterocycles. The second-order valence-electron chi connectivity index (χ2n) is 2.90. The highest BCUT2D eigenvalue weighted by molar-refractivity contribution is 5.76. The third kappa shape index (κ3) is 2.19. The van der Waals surface area contributed by atoms with Gasteiger partial charge in [-0.2, -0.15) is 0 Å². The van der Waals surface area contributed by atoms with E-state index in [2.05, 4.69) is 10.1 Å². The first-order valence-electron chi connectivity index (χ1n) is 4.10. The predicted octanol–water partition coefficient (Wildman–Crippen LogP) is 0.547. The number of hydrogen-bond donors (Lipinski definition) is 1. The highest BCUT2D eigenvalue weighted by Gasteiger charge is 2.36. The van der Waals surface area contributed by atoms with Gasteiger partial charge in [0.15, 0.2) is 0 Å². The molecule has 1 aliphatic carbocycles. The van der Waals surface area contributed by atoms with Crippen molar-refractivity contribution in [1.82, 2.24) is 5.32 Å². The summed E-state index contributed by atoms with van der Waals surface area (Å²) < 4.78 is 4.66. The molecule has 0 bridgehead atoms. The second-order valence-corrected chi connectivity index (χ2v) is 2.90. The molecule has 0 amide bonds. The molecule has 0 spiro atoms. The van der Waals surface area contributed by atoms with Crippen LogP contribution in [0.4, 0.5) is 0 Å². The topological polar surface area (TPSA) is 38.3 Å². The molecular formula is C8H15NO2. The lowest BCUT2D eigenvalue weighted by Crippen LogP contribution is -2.39. The molecule has 11 heavy (non-hydrogen) atoms. The lowest BCUT2D eigenvalue weighted by molar-refractivity contribution is -0.143. The molecule has 1 fully saturated rings. The van der Waals surface area contributed by atoms with Crippen molar-refractivity contribution in [1.29, 1.82) is 0 Å². The normalized spacial score (nSPS) is 19.5. The number of likely N-dealkylation sites (N-methyl/N-ethyl adjacent to an activating group) is 1.